The molecule has 0 saturated carbocycles. The Hall–Kier alpha value is -3.16. The number of aromatic nitrogens is 5. The summed E-state index contributed by atoms with van der Waals surface area (Å²) in [5, 5.41) is 4.71. The molecule has 0 bridgehead atoms. The lowest BCUT2D eigenvalue weighted by molar-refractivity contribution is 0.0683. The van der Waals surface area contributed by atoms with E-state index in [1.165, 1.54) is 10.6 Å². The molecule has 186 valence electrons. The van der Waals surface area contributed by atoms with E-state index in [1.807, 2.05) is 12.1 Å². The van der Waals surface area contributed by atoms with Crippen LogP contribution >= 0.6 is 22.6 Å². The van der Waals surface area contributed by atoms with E-state index >= 15 is 0 Å². The number of hydrogen-bond acceptors (Lipinski definition) is 7. The molecule has 12 heteroatoms. The molecule has 9 nitrogen and oxygen atoms in total. The summed E-state index contributed by atoms with van der Waals surface area (Å²) in [7, 11) is 0. The van der Waals surface area contributed by atoms with Crippen LogP contribution in [0, 0.1) is 11.6 Å². The van der Waals surface area contributed by atoms with Crippen LogP contribution < -0.4 is 10.6 Å². The second-order valence-electron chi connectivity index (χ2n) is 9.20. The number of pyridine rings is 1. The molecule has 6 rings (SSSR count). The minimum atomic E-state index is -0.811. The molecule has 2 atom stereocenters. The van der Waals surface area contributed by atoms with Gasteiger partial charge in [-0.2, -0.15) is 4.52 Å². The molecular weight excluding hydrogens is 581 g/mol. The maximum atomic E-state index is 14.3. The van der Waals surface area contributed by atoms with E-state index in [1.54, 1.807) is 11.0 Å². The Kier molecular flexibility index (Phi) is 5.85. The fourth-order valence-electron chi connectivity index (χ4n) is 5.02. The second kappa shape index (κ2) is 9.05. The largest absolute Gasteiger partial charge is 0.368 e. The van der Waals surface area contributed by atoms with E-state index in [0.717, 1.165) is 50.7 Å². The average Bonchev–Trinajstić information content (AvgIpc) is 3.56. The van der Waals surface area contributed by atoms with Crippen molar-refractivity contribution in [2.24, 2.45) is 0 Å². The highest BCUT2D eigenvalue weighted by atomic mass is 127. The molecule has 2 aliphatic heterocycles. The smallest absolute Gasteiger partial charge is 0.273 e. The molecule has 2 N–H and O–H groups in total. The van der Waals surface area contributed by atoms with Crippen LogP contribution in [0.15, 0.2) is 30.3 Å². The quantitative estimate of drug-likeness (QED) is 0.215. The number of anilines is 2. The number of nitrogen functional groups attached to an aromatic ring is 1. The SMILES string of the molecule is Nc1nc2c(F)cc(F)cc2c2nc([C@@H]3CC[C@H](I)N(C(=O)c4cccc(N5CCCC5)n4)C3)nn12. The number of carbonyl (C=O) groups is 1. The summed E-state index contributed by atoms with van der Waals surface area (Å²) in [6, 6.07) is 7.51. The van der Waals surface area contributed by atoms with Crippen LogP contribution in [0.25, 0.3) is 16.6 Å². The summed E-state index contributed by atoms with van der Waals surface area (Å²) in [5.74, 6) is -0.610. The van der Waals surface area contributed by atoms with Crippen molar-refractivity contribution in [1.29, 1.82) is 0 Å². The van der Waals surface area contributed by atoms with Crippen LogP contribution in [0.2, 0.25) is 0 Å². The van der Waals surface area contributed by atoms with E-state index in [9.17, 15) is 13.6 Å². The van der Waals surface area contributed by atoms with Crippen molar-refractivity contribution in [3.63, 3.8) is 0 Å². The molecule has 0 aliphatic carbocycles. The number of likely N-dealkylation sites (tertiary alicyclic amines) is 1. The van der Waals surface area contributed by atoms with Gasteiger partial charge in [-0.15, -0.1) is 5.10 Å². The molecule has 1 amide bonds. The Labute approximate surface area is 218 Å². The molecule has 0 unspecified atom stereocenters. The average molecular weight is 604 g/mol. The molecule has 0 spiro atoms. The van der Waals surface area contributed by atoms with Crippen molar-refractivity contribution >= 4 is 56.8 Å². The summed E-state index contributed by atoms with van der Waals surface area (Å²) in [5.41, 5.74) is 6.61. The Bertz CT molecular complexity index is 1490. The Morgan fingerprint density at radius 1 is 1.08 bits per heavy atom. The fraction of sp³-hybridized carbons (Fsp3) is 0.375. The highest BCUT2D eigenvalue weighted by Crippen LogP contribution is 2.34. The fourth-order valence-corrected chi connectivity index (χ4v) is 5.86. The molecule has 5 heterocycles. The van der Waals surface area contributed by atoms with Gasteiger partial charge in [-0.1, -0.05) is 28.7 Å². The van der Waals surface area contributed by atoms with Gasteiger partial charge in [0, 0.05) is 31.6 Å². The predicted molar refractivity (Wildman–Crippen MR) is 139 cm³/mol. The third kappa shape index (κ3) is 4.00. The van der Waals surface area contributed by atoms with Crippen molar-refractivity contribution in [3.05, 3.63) is 53.5 Å². The topological polar surface area (TPSA) is 106 Å². The molecule has 3 aromatic heterocycles. The summed E-state index contributed by atoms with van der Waals surface area (Å²) in [6.07, 6.45) is 3.76. The number of hydrogen-bond donors (Lipinski definition) is 1. The zero-order chi connectivity index (χ0) is 25.0. The second-order valence-corrected chi connectivity index (χ2v) is 10.6. The van der Waals surface area contributed by atoms with Crippen molar-refractivity contribution in [3.8, 4) is 0 Å². The number of halogens is 3. The number of rotatable bonds is 3. The van der Waals surface area contributed by atoms with Crippen LogP contribution in [0.3, 0.4) is 0 Å². The minimum absolute atomic E-state index is 0.00335. The first kappa shape index (κ1) is 23.3. The van der Waals surface area contributed by atoms with Crippen LogP contribution in [0.4, 0.5) is 20.5 Å². The Morgan fingerprint density at radius 2 is 1.89 bits per heavy atom. The third-order valence-corrected chi connectivity index (χ3v) is 8.15. The zero-order valence-electron chi connectivity index (χ0n) is 19.2. The highest BCUT2D eigenvalue weighted by molar-refractivity contribution is 14.1. The monoisotopic (exact) mass is 604 g/mol. The van der Waals surface area contributed by atoms with Gasteiger partial charge in [-0.3, -0.25) is 4.79 Å². The molecule has 0 radical (unpaired) electrons. The molecule has 36 heavy (non-hydrogen) atoms. The van der Waals surface area contributed by atoms with Gasteiger partial charge >= 0.3 is 0 Å². The number of nitrogens with zero attached hydrogens (tertiary/aromatic N) is 7. The van der Waals surface area contributed by atoms with Crippen LogP contribution in [-0.4, -0.2) is 59.1 Å². The molecule has 4 aromatic rings. The van der Waals surface area contributed by atoms with Gasteiger partial charge in [0.15, 0.2) is 17.3 Å². The number of amides is 1. The predicted octanol–water partition coefficient (Wildman–Crippen LogP) is 3.91. The lowest BCUT2D eigenvalue weighted by Crippen LogP contribution is -2.44. The summed E-state index contributed by atoms with van der Waals surface area (Å²) < 4.78 is 29.6. The maximum Gasteiger partial charge on any atom is 0.273 e. The lowest BCUT2D eigenvalue weighted by Gasteiger charge is -2.35. The number of benzene rings is 1. The number of piperidine rings is 1. The van der Waals surface area contributed by atoms with E-state index in [4.69, 9.17) is 5.73 Å². The van der Waals surface area contributed by atoms with Gasteiger partial charge in [0.05, 0.1) is 9.43 Å². The van der Waals surface area contributed by atoms with Crippen LogP contribution in [0.5, 0.6) is 0 Å². The first-order valence-electron chi connectivity index (χ1n) is 11.9. The van der Waals surface area contributed by atoms with Crippen molar-refractivity contribution in [1.82, 2.24) is 29.5 Å². The zero-order valence-corrected chi connectivity index (χ0v) is 21.4. The molecule has 2 aliphatic rings. The number of nitrogens with two attached hydrogens (primary N) is 1. The van der Waals surface area contributed by atoms with E-state index in [-0.39, 0.29) is 38.4 Å². The van der Waals surface area contributed by atoms with Gasteiger partial charge in [0.25, 0.3) is 5.91 Å². The highest BCUT2D eigenvalue weighted by Gasteiger charge is 2.34. The normalized spacial score (nSPS) is 20.5. The Balaban J connectivity index is 1.32. The van der Waals surface area contributed by atoms with E-state index < -0.39 is 11.6 Å². The number of alkyl halides is 1. The standard InChI is InChI=1S/C24H23F2IN8O/c25-14-10-15-20(16(26)11-14)30-24(28)35-22(15)31-21(32-35)13-6-7-18(27)34(12-13)23(36)17-4-3-5-19(29-17)33-8-1-2-9-33/h3-5,10-11,13,18H,1-2,6-9,12H2,(H2,28,30)/t13-,18-/m1/s1. The van der Waals surface area contributed by atoms with Crippen molar-refractivity contribution in [2.45, 2.75) is 35.6 Å². The van der Waals surface area contributed by atoms with Gasteiger partial charge in [-0.25, -0.2) is 23.7 Å². The lowest BCUT2D eigenvalue weighted by atomic mass is 9.97. The van der Waals surface area contributed by atoms with Gasteiger partial charge in [0.2, 0.25) is 5.95 Å². The first-order valence-corrected chi connectivity index (χ1v) is 13.1. The maximum absolute atomic E-state index is 14.3. The van der Waals surface area contributed by atoms with Crippen LogP contribution in [-0.2, 0) is 0 Å². The minimum Gasteiger partial charge on any atom is -0.368 e. The van der Waals surface area contributed by atoms with Gasteiger partial charge < -0.3 is 15.5 Å². The van der Waals surface area contributed by atoms with Crippen LogP contribution in [0.1, 0.15) is 47.9 Å². The Morgan fingerprint density at radius 3 is 2.69 bits per heavy atom. The van der Waals surface area contributed by atoms with E-state index in [0.29, 0.717) is 18.1 Å². The third-order valence-electron chi connectivity index (χ3n) is 6.85. The van der Waals surface area contributed by atoms with Gasteiger partial charge in [0.1, 0.15) is 22.8 Å². The molecular formula is C24H23F2IN8O. The van der Waals surface area contributed by atoms with Crippen molar-refractivity contribution in [2.75, 3.05) is 30.3 Å². The summed E-state index contributed by atoms with van der Waals surface area (Å²) >= 11 is 2.28. The number of fused-ring (bicyclic) bond motifs is 3. The molecule has 2 fully saturated rings. The van der Waals surface area contributed by atoms with Gasteiger partial charge in [-0.05, 0) is 43.9 Å². The molecule has 2 saturated heterocycles. The molecule has 1 aromatic carbocycles. The number of carbonyl (C=O) groups excluding carboxylic acids is 1. The summed E-state index contributed by atoms with van der Waals surface area (Å²) in [6.45, 7) is 2.30. The first-order chi connectivity index (χ1) is 17.4. The van der Waals surface area contributed by atoms with Crippen molar-refractivity contribution < 1.29 is 13.6 Å². The van der Waals surface area contributed by atoms with E-state index in [2.05, 4.69) is 47.5 Å². The summed E-state index contributed by atoms with van der Waals surface area (Å²) in [4.78, 5) is 30.8.